The number of morpholine rings is 1. The highest BCUT2D eigenvalue weighted by Crippen LogP contribution is 2.32. The first-order valence-electron chi connectivity index (χ1n) is 10.4. The number of carbonyl (C=O) groups is 2. The lowest BCUT2D eigenvalue weighted by atomic mass is 10.1. The highest BCUT2D eigenvalue weighted by molar-refractivity contribution is 9.10. The molecule has 1 aromatic heterocycles. The van der Waals surface area contributed by atoms with E-state index in [1.54, 1.807) is 29.2 Å². The van der Waals surface area contributed by atoms with Crippen molar-refractivity contribution in [2.45, 2.75) is 6.42 Å². The molecule has 0 unspecified atom stereocenters. The number of thiazole rings is 1. The van der Waals surface area contributed by atoms with Gasteiger partial charge in [0.25, 0.3) is 5.91 Å². The lowest BCUT2D eigenvalue weighted by molar-refractivity contribution is 0.0376. The van der Waals surface area contributed by atoms with Gasteiger partial charge in [-0.3, -0.25) is 14.6 Å². The summed E-state index contributed by atoms with van der Waals surface area (Å²) >= 11 is 5.00. The average molecular weight is 555 g/mol. The second-order valence-corrected chi connectivity index (χ2v) is 9.37. The molecule has 0 aliphatic carbocycles. The number of rotatable bonds is 7. The third-order valence-electron chi connectivity index (χ3n) is 5.33. The van der Waals surface area contributed by atoms with E-state index in [1.807, 2.05) is 18.2 Å². The van der Waals surface area contributed by atoms with Gasteiger partial charge in [0.1, 0.15) is 0 Å². The van der Waals surface area contributed by atoms with Crippen molar-refractivity contribution in [3.05, 3.63) is 58.1 Å². The van der Waals surface area contributed by atoms with Crippen LogP contribution in [0.5, 0.6) is 0 Å². The Bertz CT molecular complexity index is 1100. The largest absolute Gasteiger partial charge is 0.465 e. The van der Waals surface area contributed by atoms with Gasteiger partial charge in [0.2, 0.25) is 0 Å². The van der Waals surface area contributed by atoms with Gasteiger partial charge in [-0.25, -0.2) is 9.78 Å². The van der Waals surface area contributed by atoms with Crippen LogP contribution in [-0.2, 0) is 9.47 Å². The Balaban J connectivity index is 0.00000306. The number of aromatic nitrogens is 1. The smallest absolute Gasteiger partial charge is 0.337 e. The van der Waals surface area contributed by atoms with Gasteiger partial charge >= 0.3 is 5.97 Å². The molecule has 3 aromatic rings. The molecule has 0 spiro atoms. The maximum atomic E-state index is 13.5. The van der Waals surface area contributed by atoms with E-state index in [-0.39, 0.29) is 18.3 Å². The Morgan fingerprint density at radius 3 is 2.55 bits per heavy atom. The summed E-state index contributed by atoms with van der Waals surface area (Å²) in [5, 5.41) is 0.669. The molecule has 1 aliphatic rings. The number of benzene rings is 2. The zero-order valence-corrected chi connectivity index (χ0v) is 21.4. The van der Waals surface area contributed by atoms with E-state index in [4.69, 9.17) is 14.5 Å². The highest BCUT2D eigenvalue weighted by Gasteiger charge is 2.22. The van der Waals surface area contributed by atoms with E-state index >= 15 is 0 Å². The van der Waals surface area contributed by atoms with Gasteiger partial charge in [-0.1, -0.05) is 27.3 Å². The maximum absolute atomic E-state index is 13.5. The lowest BCUT2D eigenvalue weighted by Gasteiger charge is -2.27. The quantitative estimate of drug-likeness (QED) is 0.397. The second-order valence-electron chi connectivity index (χ2n) is 7.44. The highest BCUT2D eigenvalue weighted by atomic mass is 79.9. The average Bonchev–Trinajstić information content (AvgIpc) is 3.24. The standard InChI is InChI=1S/C23H24BrN3O4S.ClH/c1-30-22(29)17-5-3-16(4-6-17)21(28)27(10-2-9-26-11-13-31-14-12-26)23-25-19-8-7-18(24)15-20(19)32-23;/h3-8,15H,2,9-14H2,1H3;1H. The predicted molar refractivity (Wildman–Crippen MR) is 136 cm³/mol. The van der Waals surface area contributed by atoms with Crippen LogP contribution < -0.4 is 4.90 Å². The number of anilines is 1. The van der Waals surface area contributed by atoms with Crippen LogP contribution in [0.1, 0.15) is 27.1 Å². The van der Waals surface area contributed by atoms with Crippen LogP contribution in [0, 0.1) is 0 Å². The van der Waals surface area contributed by atoms with Crippen LogP contribution >= 0.6 is 39.7 Å². The van der Waals surface area contributed by atoms with Crippen LogP contribution in [0.4, 0.5) is 5.13 Å². The minimum Gasteiger partial charge on any atom is -0.465 e. The number of fused-ring (bicyclic) bond motifs is 1. The Hall–Kier alpha value is -2.04. The molecule has 176 valence electrons. The number of hydrogen-bond acceptors (Lipinski definition) is 7. The van der Waals surface area contributed by atoms with Crippen molar-refractivity contribution in [2.24, 2.45) is 0 Å². The Kier molecular flexibility index (Phi) is 9.22. The van der Waals surface area contributed by atoms with Gasteiger partial charge in [0, 0.05) is 36.2 Å². The minimum absolute atomic E-state index is 0. The molecule has 1 fully saturated rings. The van der Waals surface area contributed by atoms with Gasteiger partial charge in [-0.15, -0.1) is 12.4 Å². The molecule has 7 nitrogen and oxygen atoms in total. The van der Waals surface area contributed by atoms with Crippen molar-refractivity contribution >= 4 is 66.9 Å². The normalized spacial score (nSPS) is 14.0. The van der Waals surface area contributed by atoms with Crippen LogP contribution in [-0.4, -0.2) is 68.3 Å². The molecule has 2 heterocycles. The molecule has 0 bridgehead atoms. The van der Waals surface area contributed by atoms with Crippen molar-refractivity contribution in [3.63, 3.8) is 0 Å². The fourth-order valence-electron chi connectivity index (χ4n) is 3.59. The first kappa shape index (κ1) is 25.6. The summed E-state index contributed by atoms with van der Waals surface area (Å²) < 4.78 is 12.2. The Labute approximate surface area is 211 Å². The molecule has 0 radical (unpaired) electrons. The van der Waals surface area contributed by atoms with E-state index in [0.717, 1.165) is 54.0 Å². The van der Waals surface area contributed by atoms with Gasteiger partial charge in [0.05, 0.1) is 36.1 Å². The fraction of sp³-hybridized carbons (Fsp3) is 0.348. The molecule has 33 heavy (non-hydrogen) atoms. The summed E-state index contributed by atoms with van der Waals surface area (Å²) in [7, 11) is 1.34. The molecule has 0 N–H and O–H groups in total. The van der Waals surface area contributed by atoms with Crippen LogP contribution in [0.15, 0.2) is 46.9 Å². The van der Waals surface area contributed by atoms with Gasteiger partial charge in [-0.2, -0.15) is 0 Å². The van der Waals surface area contributed by atoms with Crippen LogP contribution in [0.2, 0.25) is 0 Å². The van der Waals surface area contributed by atoms with E-state index < -0.39 is 5.97 Å². The Morgan fingerprint density at radius 2 is 1.85 bits per heavy atom. The van der Waals surface area contributed by atoms with E-state index in [9.17, 15) is 9.59 Å². The minimum atomic E-state index is -0.428. The molecular formula is C23H25BrClN3O4S. The number of methoxy groups -OCH3 is 1. The number of carbonyl (C=O) groups excluding carboxylic acids is 2. The predicted octanol–water partition coefficient (Wildman–Crippen LogP) is 4.64. The third-order valence-corrected chi connectivity index (χ3v) is 6.86. The molecule has 0 saturated carbocycles. The molecule has 1 saturated heterocycles. The monoisotopic (exact) mass is 553 g/mol. The van der Waals surface area contributed by atoms with E-state index in [1.165, 1.54) is 18.4 Å². The molecule has 10 heteroatoms. The lowest BCUT2D eigenvalue weighted by Crippen LogP contribution is -2.39. The fourth-order valence-corrected chi connectivity index (χ4v) is 5.13. The number of nitrogens with zero attached hydrogens (tertiary/aromatic N) is 3. The second kappa shape index (κ2) is 11.9. The molecule has 0 atom stereocenters. The van der Waals surface area contributed by atoms with Gasteiger partial charge < -0.3 is 9.47 Å². The summed E-state index contributed by atoms with van der Waals surface area (Å²) in [6, 6.07) is 12.4. The molecule has 2 aromatic carbocycles. The van der Waals surface area contributed by atoms with E-state index in [2.05, 4.69) is 20.8 Å². The third kappa shape index (κ3) is 6.30. The van der Waals surface area contributed by atoms with Crippen molar-refractivity contribution in [1.29, 1.82) is 0 Å². The SMILES string of the molecule is COC(=O)c1ccc(C(=O)N(CCCN2CCOCC2)c2nc3ccc(Br)cc3s2)cc1.Cl. The van der Waals surface area contributed by atoms with Gasteiger partial charge in [-0.05, 0) is 48.9 Å². The number of amides is 1. The van der Waals surface area contributed by atoms with Crippen molar-refractivity contribution in [1.82, 2.24) is 9.88 Å². The summed E-state index contributed by atoms with van der Waals surface area (Å²) in [5.74, 6) is -0.565. The van der Waals surface area contributed by atoms with E-state index in [0.29, 0.717) is 22.8 Å². The summed E-state index contributed by atoms with van der Waals surface area (Å²) in [6.07, 6.45) is 0.825. The van der Waals surface area contributed by atoms with Gasteiger partial charge in [0.15, 0.2) is 5.13 Å². The molecule has 1 aliphatic heterocycles. The molecular weight excluding hydrogens is 530 g/mol. The number of ether oxygens (including phenoxy) is 2. The number of halogens is 2. The van der Waals surface area contributed by atoms with Crippen LogP contribution in [0.3, 0.4) is 0 Å². The molecule has 1 amide bonds. The van der Waals surface area contributed by atoms with Crippen molar-refractivity contribution < 1.29 is 19.1 Å². The van der Waals surface area contributed by atoms with Crippen molar-refractivity contribution in [3.8, 4) is 0 Å². The zero-order chi connectivity index (χ0) is 22.5. The molecule has 4 rings (SSSR count). The maximum Gasteiger partial charge on any atom is 0.337 e. The number of hydrogen-bond donors (Lipinski definition) is 0. The zero-order valence-electron chi connectivity index (χ0n) is 18.2. The first-order valence-corrected chi connectivity index (χ1v) is 12.0. The van der Waals surface area contributed by atoms with Crippen LogP contribution in [0.25, 0.3) is 10.2 Å². The summed E-state index contributed by atoms with van der Waals surface area (Å²) in [6.45, 7) is 4.78. The summed E-state index contributed by atoms with van der Waals surface area (Å²) in [4.78, 5) is 34.0. The Morgan fingerprint density at radius 1 is 1.15 bits per heavy atom. The summed E-state index contributed by atoms with van der Waals surface area (Å²) in [5.41, 5.74) is 1.78. The topological polar surface area (TPSA) is 72.0 Å². The van der Waals surface area contributed by atoms with Crippen molar-refractivity contribution in [2.75, 3.05) is 51.4 Å². The number of esters is 1. The first-order chi connectivity index (χ1) is 15.5.